The first-order valence-electron chi connectivity index (χ1n) is 7.86. The predicted molar refractivity (Wildman–Crippen MR) is 92.6 cm³/mol. The zero-order valence-electron chi connectivity index (χ0n) is 13.5. The summed E-state index contributed by atoms with van der Waals surface area (Å²) >= 11 is 6.10. The molecule has 3 heterocycles. The molecule has 0 N–H and O–H groups in total. The number of hydrogen-bond donors (Lipinski definition) is 0. The lowest BCUT2D eigenvalue weighted by molar-refractivity contribution is 0.133. The van der Waals surface area contributed by atoms with E-state index in [1.165, 1.54) is 0 Å². The van der Waals surface area contributed by atoms with Gasteiger partial charge < -0.3 is 4.74 Å². The van der Waals surface area contributed by atoms with Crippen LogP contribution in [-0.2, 0) is 4.74 Å². The van der Waals surface area contributed by atoms with Crippen molar-refractivity contribution in [2.45, 2.75) is 18.9 Å². The third kappa shape index (κ3) is 2.80. The molecule has 3 aromatic heterocycles. The van der Waals surface area contributed by atoms with Crippen molar-refractivity contribution < 1.29 is 4.74 Å². The quantitative estimate of drug-likeness (QED) is 0.719. The molecule has 0 bridgehead atoms. The average Bonchev–Trinajstić information content (AvgIpc) is 3.32. The van der Waals surface area contributed by atoms with E-state index in [0.29, 0.717) is 11.6 Å². The number of fused-ring (bicyclic) bond motifs is 1. The number of ether oxygens (including phenoxy) is 1. The van der Waals surface area contributed by atoms with E-state index in [-0.39, 0.29) is 12.0 Å². The summed E-state index contributed by atoms with van der Waals surface area (Å²) < 4.78 is 8.91. The summed E-state index contributed by atoms with van der Waals surface area (Å²) in [6, 6.07) is 4.12. The van der Waals surface area contributed by atoms with E-state index >= 15 is 0 Å². The maximum atomic E-state index is 9.08. The van der Waals surface area contributed by atoms with Gasteiger partial charge in [0.05, 0.1) is 36.3 Å². The minimum absolute atomic E-state index is 0.00632. The SMILES string of the molecule is CO[C@@H]1C=C(n2cc(-c3nc(Cl)cn4nccc34)cn2)C(CC#N)C1. The van der Waals surface area contributed by atoms with Gasteiger partial charge in [0.1, 0.15) is 10.8 Å². The van der Waals surface area contributed by atoms with Gasteiger partial charge >= 0.3 is 0 Å². The van der Waals surface area contributed by atoms with E-state index in [2.05, 4.69) is 21.3 Å². The van der Waals surface area contributed by atoms with Crippen LogP contribution in [0.25, 0.3) is 22.5 Å². The number of halogens is 1. The molecule has 25 heavy (non-hydrogen) atoms. The van der Waals surface area contributed by atoms with Gasteiger partial charge in [0.2, 0.25) is 0 Å². The molecule has 0 saturated carbocycles. The zero-order valence-corrected chi connectivity index (χ0v) is 14.3. The topological polar surface area (TPSA) is 81.0 Å². The molecule has 0 radical (unpaired) electrons. The van der Waals surface area contributed by atoms with Gasteiger partial charge in [-0.3, -0.25) is 0 Å². The fourth-order valence-corrected chi connectivity index (χ4v) is 3.40. The summed E-state index contributed by atoms with van der Waals surface area (Å²) in [6.45, 7) is 0. The Hall–Kier alpha value is -2.69. The van der Waals surface area contributed by atoms with Crippen molar-refractivity contribution in [1.29, 1.82) is 5.26 Å². The van der Waals surface area contributed by atoms with Crippen LogP contribution in [0.4, 0.5) is 0 Å². The van der Waals surface area contributed by atoms with Crippen molar-refractivity contribution in [3.05, 3.63) is 42.1 Å². The number of nitriles is 1. The van der Waals surface area contributed by atoms with Gasteiger partial charge in [-0.25, -0.2) is 14.2 Å². The second-order valence-corrected chi connectivity index (χ2v) is 6.29. The van der Waals surface area contributed by atoms with Crippen molar-refractivity contribution in [2.75, 3.05) is 7.11 Å². The van der Waals surface area contributed by atoms with Gasteiger partial charge in [-0.05, 0) is 18.6 Å². The summed E-state index contributed by atoms with van der Waals surface area (Å²) in [5.41, 5.74) is 3.39. The van der Waals surface area contributed by atoms with Crippen LogP contribution in [0.15, 0.2) is 36.9 Å². The molecule has 0 fully saturated rings. The van der Waals surface area contributed by atoms with Gasteiger partial charge in [-0.1, -0.05) is 11.6 Å². The van der Waals surface area contributed by atoms with Gasteiger partial charge in [-0.15, -0.1) is 0 Å². The van der Waals surface area contributed by atoms with E-state index < -0.39 is 0 Å². The van der Waals surface area contributed by atoms with Crippen LogP contribution in [0.5, 0.6) is 0 Å². The highest BCUT2D eigenvalue weighted by Gasteiger charge is 2.28. The molecule has 1 unspecified atom stereocenters. The molecule has 7 nitrogen and oxygen atoms in total. The van der Waals surface area contributed by atoms with Crippen molar-refractivity contribution in [3.63, 3.8) is 0 Å². The van der Waals surface area contributed by atoms with Crippen molar-refractivity contribution in [2.24, 2.45) is 5.92 Å². The highest BCUT2D eigenvalue weighted by Crippen LogP contribution is 2.34. The third-order valence-corrected chi connectivity index (χ3v) is 4.60. The lowest BCUT2D eigenvalue weighted by atomic mass is 10.0. The Balaban J connectivity index is 1.75. The molecule has 2 atom stereocenters. The standard InChI is InChI=1S/C17H15ClN6O/c1-25-13-6-11(2-4-19)15(7-13)23-9-12(8-21-23)17-14-3-5-20-24(14)10-16(18)22-17/h3,5,7-11,13H,2,6H2,1H3/t11?,13-/m0/s1. The van der Waals surface area contributed by atoms with E-state index in [1.54, 1.807) is 34.9 Å². The molecule has 126 valence electrons. The lowest BCUT2D eigenvalue weighted by Gasteiger charge is -2.11. The molecular formula is C17H15ClN6O. The van der Waals surface area contributed by atoms with Crippen molar-refractivity contribution >= 4 is 22.8 Å². The smallest absolute Gasteiger partial charge is 0.148 e. The Kier molecular flexibility index (Phi) is 3.99. The summed E-state index contributed by atoms with van der Waals surface area (Å²) in [5, 5.41) is 18.1. The second kappa shape index (κ2) is 6.31. The first-order chi connectivity index (χ1) is 12.2. The summed E-state index contributed by atoms with van der Waals surface area (Å²) in [4.78, 5) is 4.42. The van der Waals surface area contributed by atoms with Crippen molar-refractivity contribution in [3.8, 4) is 17.3 Å². The van der Waals surface area contributed by atoms with E-state index in [4.69, 9.17) is 21.6 Å². The number of nitrogens with zero attached hydrogens (tertiary/aromatic N) is 6. The number of hydrogen-bond acceptors (Lipinski definition) is 5. The Morgan fingerprint density at radius 1 is 1.40 bits per heavy atom. The second-order valence-electron chi connectivity index (χ2n) is 5.91. The van der Waals surface area contributed by atoms with Crippen LogP contribution in [-0.4, -0.2) is 37.6 Å². The summed E-state index contributed by atoms with van der Waals surface area (Å²) in [5.74, 6) is 0.102. The summed E-state index contributed by atoms with van der Waals surface area (Å²) in [6.07, 6.45) is 10.3. The number of allylic oxidation sites excluding steroid dienone is 1. The fraction of sp³-hybridized carbons (Fsp3) is 0.294. The van der Waals surface area contributed by atoms with E-state index in [9.17, 15) is 0 Å². The van der Waals surface area contributed by atoms with Crippen LogP contribution < -0.4 is 0 Å². The number of methoxy groups -OCH3 is 1. The molecule has 0 amide bonds. The van der Waals surface area contributed by atoms with Crippen molar-refractivity contribution in [1.82, 2.24) is 24.4 Å². The molecule has 4 rings (SSSR count). The highest BCUT2D eigenvalue weighted by molar-refractivity contribution is 6.29. The van der Waals surface area contributed by atoms with Gasteiger partial charge in [0.25, 0.3) is 0 Å². The molecular weight excluding hydrogens is 340 g/mol. The van der Waals surface area contributed by atoms with E-state index in [0.717, 1.165) is 28.9 Å². The third-order valence-electron chi connectivity index (χ3n) is 4.41. The van der Waals surface area contributed by atoms with Crippen LogP contribution in [0.2, 0.25) is 5.15 Å². The van der Waals surface area contributed by atoms with E-state index in [1.807, 2.05) is 18.3 Å². The Morgan fingerprint density at radius 3 is 3.08 bits per heavy atom. The molecule has 0 saturated heterocycles. The minimum Gasteiger partial charge on any atom is -0.377 e. The molecule has 1 aliphatic rings. The molecule has 0 spiro atoms. The maximum absolute atomic E-state index is 9.08. The lowest BCUT2D eigenvalue weighted by Crippen LogP contribution is -2.08. The predicted octanol–water partition coefficient (Wildman–Crippen LogP) is 3.04. The van der Waals surface area contributed by atoms with Crippen LogP contribution in [0.3, 0.4) is 0 Å². The molecule has 1 aliphatic carbocycles. The Labute approximate surface area is 149 Å². The Morgan fingerprint density at radius 2 is 2.28 bits per heavy atom. The highest BCUT2D eigenvalue weighted by atomic mass is 35.5. The van der Waals surface area contributed by atoms with Gasteiger partial charge in [0, 0.05) is 36.9 Å². The number of rotatable bonds is 4. The van der Waals surface area contributed by atoms with Gasteiger partial charge in [-0.2, -0.15) is 15.5 Å². The molecule has 0 aromatic carbocycles. The first kappa shape index (κ1) is 15.8. The van der Waals surface area contributed by atoms with Crippen LogP contribution >= 0.6 is 11.6 Å². The van der Waals surface area contributed by atoms with Crippen LogP contribution in [0, 0.1) is 17.2 Å². The fourth-order valence-electron chi connectivity index (χ4n) is 3.22. The first-order valence-corrected chi connectivity index (χ1v) is 8.24. The Bertz CT molecular complexity index is 998. The zero-order chi connectivity index (χ0) is 17.4. The van der Waals surface area contributed by atoms with Crippen LogP contribution in [0.1, 0.15) is 12.8 Å². The summed E-state index contributed by atoms with van der Waals surface area (Å²) in [7, 11) is 1.67. The maximum Gasteiger partial charge on any atom is 0.148 e. The van der Waals surface area contributed by atoms with Gasteiger partial charge in [0.15, 0.2) is 0 Å². The normalized spacial score (nSPS) is 20.0. The largest absolute Gasteiger partial charge is 0.377 e. The number of aromatic nitrogens is 5. The molecule has 3 aromatic rings. The minimum atomic E-state index is 0.00632. The monoisotopic (exact) mass is 354 g/mol. The molecule has 8 heteroatoms. The molecule has 0 aliphatic heterocycles. The average molecular weight is 355 g/mol.